The van der Waals surface area contributed by atoms with E-state index in [1.165, 1.54) is 24.8 Å². The SMILES string of the molecule is O=C(CSCc1ccccc1)NC1CCC2C(C1)NC(=O)C1CCCCC12. The first kappa shape index (κ1) is 18.9. The first-order chi connectivity index (χ1) is 13.2. The average molecular weight is 387 g/mol. The predicted octanol–water partition coefficient (Wildman–Crippen LogP) is 3.51. The summed E-state index contributed by atoms with van der Waals surface area (Å²) in [6.45, 7) is 0. The van der Waals surface area contributed by atoms with Gasteiger partial charge in [-0.25, -0.2) is 0 Å². The normalized spacial score (nSPS) is 32.7. The number of thioether (sulfide) groups is 1. The van der Waals surface area contributed by atoms with Crippen LogP contribution in [0.4, 0.5) is 0 Å². The quantitative estimate of drug-likeness (QED) is 0.814. The third kappa shape index (κ3) is 4.50. The molecule has 2 amide bonds. The van der Waals surface area contributed by atoms with Gasteiger partial charge in [0.1, 0.15) is 0 Å². The number of hydrogen-bond acceptors (Lipinski definition) is 3. The molecule has 1 aromatic carbocycles. The molecular weight excluding hydrogens is 356 g/mol. The summed E-state index contributed by atoms with van der Waals surface area (Å²) >= 11 is 1.66. The molecule has 1 aliphatic heterocycles. The molecule has 1 heterocycles. The molecule has 1 saturated heterocycles. The Morgan fingerprint density at radius 1 is 1.07 bits per heavy atom. The van der Waals surface area contributed by atoms with Crippen LogP contribution in [0.15, 0.2) is 30.3 Å². The Kier molecular flexibility index (Phi) is 6.06. The topological polar surface area (TPSA) is 58.2 Å². The molecule has 4 rings (SSSR count). The highest BCUT2D eigenvalue weighted by atomic mass is 32.2. The van der Waals surface area contributed by atoms with Crippen LogP contribution in [0.3, 0.4) is 0 Å². The largest absolute Gasteiger partial charge is 0.353 e. The van der Waals surface area contributed by atoms with E-state index in [9.17, 15) is 9.59 Å². The van der Waals surface area contributed by atoms with Crippen molar-refractivity contribution < 1.29 is 9.59 Å². The molecule has 5 unspecified atom stereocenters. The van der Waals surface area contributed by atoms with Gasteiger partial charge in [0.25, 0.3) is 0 Å². The van der Waals surface area contributed by atoms with Crippen LogP contribution < -0.4 is 10.6 Å². The van der Waals surface area contributed by atoms with Crippen molar-refractivity contribution in [3.63, 3.8) is 0 Å². The van der Waals surface area contributed by atoms with Gasteiger partial charge in [-0.1, -0.05) is 43.2 Å². The van der Waals surface area contributed by atoms with Gasteiger partial charge < -0.3 is 10.6 Å². The molecule has 0 bridgehead atoms. The van der Waals surface area contributed by atoms with E-state index in [1.54, 1.807) is 11.8 Å². The van der Waals surface area contributed by atoms with Crippen LogP contribution >= 0.6 is 11.8 Å². The molecule has 1 aromatic rings. The van der Waals surface area contributed by atoms with E-state index in [-0.39, 0.29) is 29.8 Å². The minimum Gasteiger partial charge on any atom is -0.353 e. The van der Waals surface area contributed by atoms with Gasteiger partial charge in [-0.15, -0.1) is 11.8 Å². The number of amides is 2. The number of rotatable bonds is 5. The Hall–Kier alpha value is -1.49. The Bertz CT molecular complexity index is 666. The van der Waals surface area contributed by atoms with E-state index >= 15 is 0 Å². The van der Waals surface area contributed by atoms with Crippen LogP contribution in [-0.4, -0.2) is 29.7 Å². The van der Waals surface area contributed by atoms with Crippen LogP contribution in [0.1, 0.15) is 50.5 Å². The van der Waals surface area contributed by atoms with Gasteiger partial charge in [0, 0.05) is 23.8 Å². The molecule has 2 aliphatic carbocycles. The molecule has 5 atom stereocenters. The second kappa shape index (κ2) is 8.68. The Balaban J connectivity index is 1.24. The van der Waals surface area contributed by atoms with E-state index in [2.05, 4.69) is 22.8 Å². The zero-order valence-corrected chi connectivity index (χ0v) is 16.7. The zero-order valence-electron chi connectivity index (χ0n) is 15.9. The zero-order chi connectivity index (χ0) is 18.6. The molecule has 5 heteroatoms. The van der Waals surface area contributed by atoms with Gasteiger partial charge in [0.2, 0.25) is 11.8 Å². The van der Waals surface area contributed by atoms with Crippen molar-refractivity contribution >= 4 is 23.6 Å². The van der Waals surface area contributed by atoms with Crippen LogP contribution in [0.25, 0.3) is 0 Å². The molecule has 27 heavy (non-hydrogen) atoms. The van der Waals surface area contributed by atoms with Crippen molar-refractivity contribution in [3.05, 3.63) is 35.9 Å². The first-order valence-electron chi connectivity index (χ1n) is 10.4. The van der Waals surface area contributed by atoms with E-state index in [0.717, 1.165) is 31.4 Å². The molecule has 0 radical (unpaired) electrons. The molecule has 0 spiro atoms. The van der Waals surface area contributed by atoms with Crippen molar-refractivity contribution in [3.8, 4) is 0 Å². The summed E-state index contributed by atoms with van der Waals surface area (Å²) < 4.78 is 0. The summed E-state index contributed by atoms with van der Waals surface area (Å²) in [5.74, 6) is 3.20. The third-order valence-electron chi connectivity index (χ3n) is 6.65. The monoisotopic (exact) mass is 386 g/mol. The number of fused-ring (bicyclic) bond motifs is 3. The van der Waals surface area contributed by atoms with Gasteiger partial charge >= 0.3 is 0 Å². The summed E-state index contributed by atoms with van der Waals surface area (Å²) in [4.78, 5) is 24.8. The second-order valence-corrected chi connectivity index (χ2v) is 9.38. The highest BCUT2D eigenvalue weighted by Gasteiger charge is 2.46. The van der Waals surface area contributed by atoms with E-state index in [0.29, 0.717) is 17.6 Å². The Labute approximate surface area is 166 Å². The molecular formula is C22H30N2O2S. The van der Waals surface area contributed by atoms with Crippen molar-refractivity contribution in [2.45, 2.75) is 62.8 Å². The fourth-order valence-electron chi connectivity index (χ4n) is 5.40. The lowest BCUT2D eigenvalue weighted by Gasteiger charge is -2.49. The van der Waals surface area contributed by atoms with Crippen LogP contribution in [0, 0.1) is 17.8 Å². The molecule has 2 N–H and O–H groups in total. The van der Waals surface area contributed by atoms with Gasteiger partial charge in [-0.3, -0.25) is 9.59 Å². The van der Waals surface area contributed by atoms with Crippen molar-refractivity contribution in [1.82, 2.24) is 10.6 Å². The summed E-state index contributed by atoms with van der Waals surface area (Å²) in [5, 5.41) is 6.50. The van der Waals surface area contributed by atoms with Crippen LogP contribution in [0.5, 0.6) is 0 Å². The maximum atomic E-state index is 12.5. The fourth-order valence-corrected chi connectivity index (χ4v) is 6.19. The minimum absolute atomic E-state index is 0.122. The third-order valence-corrected chi connectivity index (χ3v) is 7.65. The summed E-state index contributed by atoms with van der Waals surface area (Å²) in [5.41, 5.74) is 1.25. The van der Waals surface area contributed by atoms with Crippen LogP contribution in [0.2, 0.25) is 0 Å². The van der Waals surface area contributed by atoms with Gasteiger partial charge in [0.05, 0.1) is 5.75 Å². The summed E-state index contributed by atoms with van der Waals surface area (Å²) in [6.07, 6.45) is 7.84. The second-order valence-electron chi connectivity index (χ2n) is 8.39. The predicted molar refractivity (Wildman–Crippen MR) is 109 cm³/mol. The summed E-state index contributed by atoms with van der Waals surface area (Å²) in [6, 6.07) is 10.7. The lowest BCUT2D eigenvalue weighted by molar-refractivity contribution is -0.135. The minimum atomic E-state index is 0.122. The van der Waals surface area contributed by atoms with Crippen molar-refractivity contribution in [2.75, 3.05) is 5.75 Å². The number of hydrogen-bond donors (Lipinski definition) is 2. The highest BCUT2D eigenvalue weighted by molar-refractivity contribution is 7.99. The lowest BCUT2D eigenvalue weighted by atomic mass is 9.63. The molecule has 146 valence electrons. The summed E-state index contributed by atoms with van der Waals surface area (Å²) in [7, 11) is 0. The number of carbonyl (C=O) groups excluding carboxylic acids is 2. The maximum absolute atomic E-state index is 12.5. The lowest BCUT2D eigenvalue weighted by Crippen LogP contribution is -2.59. The molecule has 3 fully saturated rings. The smallest absolute Gasteiger partial charge is 0.230 e. The van der Waals surface area contributed by atoms with Gasteiger partial charge in [-0.2, -0.15) is 0 Å². The van der Waals surface area contributed by atoms with Gasteiger partial charge in [0.15, 0.2) is 0 Å². The number of carbonyl (C=O) groups is 2. The standard InChI is InChI=1S/C22H30N2O2S/c25-21(14-27-13-15-6-2-1-3-7-15)23-16-10-11-18-17-8-4-5-9-19(17)22(26)24-20(18)12-16/h1-3,6-7,16-20H,4-5,8-14H2,(H,23,25)(H,24,26). The highest BCUT2D eigenvalue weighted by Crippen LogP contribution is 2.44. The molecule has 2 saturated carbocycles. The number of benzene rings is 1. The fraction of sp³-hybridized carbons (Fsp3) is 0.636. The Morgan fingerprint density at radius 3 is 2.74 bits per heavy atom. The molecule has 0 aromatic heterocycles. The average Bonchev–Trinajstić information content (AvgIpc) is 2.69. The van der Waals surface area contributed by atoms with E-state index < -0.39 is 0 Å². The van der Waals surface area contributed by atoms with Crippen molar-refractivity contribution in [1.29, 1.82) is 0 Å². The van der Waals surface area contributed by atoms with E-state index in [1.807, 2.05) is 18.2 Å². The van der Waals surface area contributed by atoms with Crippen molar-refractivity contribution in [2.24, 2.45) is 17.8 Å². The van der Waals surface area contributed by atoms with Crippen LogP contribution in [-0.2, 0) is 15.3 Å². The maximum Gasteiger partial charge on any atom is 0.230 e. The molecule has 3 aliphatic rings. The molecule has 4 nitrogen and oxygen atoms in total. The first-order valence-corrected chi connectivity index (χ1v) is 11.6. The number of nitrogens with one attached hydrogen (secondary N) is 2. The van der Waals surface area contributed by atoms with Gasteiger partial charge in [-0.05, 0) is 49.5 Å². The number of piperidine rings is 1. The van der Waals surface area contributed by atoms with E-state index in [4.69, 9.17) is 0 Å². The Morgan fingerprint density at radius 2 is 1.89 bits per heavy atom.